The lowest BCUT2D eigenvalue weighted by molar-refractivity contribution is -0.122. The van der Waals surface area contributed by atoms with Gasteiger partial charge in [0.2, 0.25) is 5.91 Å². The molecular weight excluding hydrogens is 296 g/mol. The highest BCUT2D eigenvalue weighted by atomic mass is 35.5. The third kappa shape index (κ3) is 4.58. The molecule has 2 atom stereocenters. The fourth-order valence-electron chi connectivity index (χ4n) is 2.39. The normalized spacial score (nSPS) is 13.4. The number of halogens is 1. The number of nitrogens with two attached hydrogens (primary N) is 1. The largest absolute Gasteiger partial charge is 0.349 e. The number of carbonyl (C=O) groups excluding carboxylic acids is 1. The lowest BCUT2D eigenvalue weighted by Gasteiger charge is -2.19. The van der Waals surface area contributed by atoms with Crippen molar-refractivity contribution in [3.63, 3.8) is 0 Å². The average Bonchev–Trinajstić information content (AvgIpc) is 2.54. The molecule has 0 spiro atoms. The maximum atomic E-state index is 12.2. The zero-order chi connectivity index (χ0) is 15.9. The average molecular weight is 317 g/mol. The summed E-state index contributed by atoms with van der Waals surface area (Å²) < 4.78 is 0. The molecule has 0 aliphatic heterocycles. The standard InChI is InChI=1S/C18H21ClN2O/c1-2-17(14-8-10-15(19)11-9-14)21-18(22)12-16(20)13-6-4-3-5-7-13/h3-11,16-17H,2,12,20H2,1H3,(H,21,22)/t16-,17+/m1/s1. The number of rotatable bonds is 6. The predicted molar refractivity (Wildman–Crippen MR) is 90.6 cm³/mol. The predicted octanol–water partition coefficient (Wildman–Crippen LogP) is 4.00. The number of nitrogens with one attached hydrogen (secondary N) is 1. The molecule has 2 aromatic rings. The number of carbonyl (C=O) groups is 1. The molecular formula is C18H21ClN2O. The van der Waals surface area contributed by atoms with E-state index in [-0.39, 0.29) is 24.4 Å². The van der Waals surface area contributed by atoms with E-state index in [9.17, 15) is 4.79 Å². The molecule has 2 rings (SSSR count). The van der Waals surface area contributed by atoms with Gasteiger partial charge in [-0.15, -0.1) is 0 Å². The van der Waals surface area contributed by atoms with E-state index in [4.69, 9.17) is 17.3 Å². The van der Waals surface area contributed by atoms with Gasteiger partial charge in [0.1, 0.15) is 0 Å². The summed E-state index contributed by atoms with van der Waals surface area (Å²) in [5.74, 6) is -0.0434. The van der Waals surface area contributed by atoms with Crippen molar-refractivity contribution in [3.05, 3.63) is 70.7 Å². The molecule has 0 fully saturated rings. The van der Waals surface area contributed by atoms with E-state index in [1.165, 1.54) is 0 Å². The van der Waals surface area contributed by atoms with Gasteiger partial charge in [0.05, 0.1) is 6.04 Å². The molecule has 2 aromatic carbocycles. The molecule has 0 saturated heterocycles. The van der Waals surface area contributed by atoms with Crippen LogP contribution in [0.5, 0.6) is 0 Å². The van der Waals surface area contributed by atoms with Gasteiger partial charge in [-0.05, 0) is 29.7 Å². The fraction of sp³-hybridized carbons (Fsp3) is 0.278. The first-order chi connectivity index (χ1) is 10.6. The first-order valence-corrected chi connectivity index (χ1v) is 7.83. The molecule has 1 amide bonds. The summed E-state index contributed by atoms with van der Waals surface area (Å²) in [5, 5.41) is 3.73. The summed E-state index contributed by atoms with van der Waals surface area (Å²) in [7, 11) is 0. The van der Waals surface area contributed by atoms with E-state index in [1.807, 2.05) is 61.5 Å². The van der Waals surface area contributed by atoms with Crippen molar-refractivity contribution in [1.82, 2.24) is 5.32 Å². The quantitative estimate of drug-likeness (QED) is 0.846. The van der Waals surface area contributed by atoms with Crippen LogP contribution in [-0.2, 0) is 4.79 Å². The topological polar surface area (TPSA) is 55.1 Å². The van der Waals surface area contributed by atoms with Crippen LogP contribution >= 0.6 is 11.6 Å². The summed E-state index contributed by atoms with van der Waals surface area (Å²) in [4.78, 5) is 12.2. The lowest BCUT2D eigenvalue weighted by atomic mass is 10.0. The van der Waals surface area contributed by atoms with Gasteiger partial charge in [0.15, 0.2) is 0 Å². The number of hydrogen-bond acceptors (Lipinski definition) is 2. The zero-order valence-electron chi connectivity index (χ0n) is 12.6. The van der Waals surface area contributed by atoms with Gasteiger partial charge < -0.3 is 11.1 Å². The van der Waals surface area contributed by atoms with Crippen LogP contribution in [0.1, 0.15) is 43.0 Å². The summed E-state index contributed by atoms with van der Waals surface area (Å²) >= 11 is 5.90. The SMILES string of the molecule is CC[C@H](NC(=O)C[C@@H](N)c1ccccc1)c1ccc(Cl)cc1. The Morgan fingerprint density at radius 1 is 1.09 bits per heavy atom. The van der Waals surface area contributed by atoms with Crippen molar-refractivity contribution in [2.75, 3.05) is 0 Å². The van der Waals surface area contributed by atoms with Crippen LogP contribution in [0, 0.1) is 0 Å². The second-order valence-corrected chi connectivity index (χ2v) is 5.74. The van der Waals surface area contributed by atoms with Gasteiger partial charge in [-0.2, -0.15) is 0 Å². The summed E-state index contributed by atoms with van der Waals surface area (Å²) in [5.41, 5.74) is 8.11. The molecule has 0 heterocycles. The number of amides is 1. The van der Waals surface area contributed by atoms with Crippen molar-refractivity contribution >= 4 is 17.5 Å². The van der Waals surface area contributed by atoms with E-state index >= 15 is 0 Å². The monoisotopic (exact) mass is 316 g/mol. The van der Waals surface area contributed by atoms with Crippen LogP contribution in [0.2, 0.25) is 5.02 Å². The molecule has 3 N–H and O–H groups in total. The number of benzene rings is 2. The molecule has 116 valence electrons. The van der Waals surface area contributed by atoms with Gasteiger partial charge >= 0.3 is 0 Å². The van der Waals surface area contributed by atoms with E-state index in [2.05, 4.69) is 5.32 Å². The Morgan fingerprint density at radius 2 is 1.73 bits per heavy atom. The van der Waals surface area contributed by atoms with Crippen LogP contribution in [0.3, 0.4) is 0 Å². The lowest BCUT2D eigenvalue weighted by Crippen LogP contribution is -2.30. The maximum absolute atomic E-state index is 12.2. The Morgan fingerprint density at radius 3 is 2.32 bits per heavy atom. The Kier molecular flexibility index (Phi) is 5.99. The summed E-state index contributed by atoms with van der Waals surface area (Å²) in [6.07, 6.45) is 1.09. The molecule has 0 aliphatic carbocycles. The zero-order valence-corrected chi connectivity index (χ0v) is 13.4. The van der Waals surface area contributed by atoms with Crippen molar-refractivity contribution in [2.24, 2.45) is 5.73 Å². The van der Waals surface area contributed by atoms with Crippen LogP contribution in [0.15, 0.2) is 54.6 Å². The van der Waals surface area contributed by atoms with Gasteiger partial charge in [0.25, 0.3) is 0 Å². The molecule has 0 radical (unpaired) electrons. The maximum Gasteiger partial charge on any atom is 0.222 e. The van der Waals surface area contributed by atoms with Gasteiger partial charge in [-0.3, -0.25) is 4.79 Å². The van der Waals surface area contributed by atoms with E-state index < -0.39 is 0 Å². The number of hydrogen-bond donors (Lipinski definition) is 2. The summed E-state index contributed by atoms with van der Waals surface area (Å²) in [6, 6.07) is 16.9. The fourth-order valence-corrected chi connectivity index (χ4v) is 2.51. The van der Waals surface area contributed by atoms with Gasteiger partial charge in [-0.25, -0.2) is 0 Å². The van der Waals surface area contributed by atoms with Crippen molar-refractivity contribution in [3.8, 4) is 0 Å². The van der Waals surface area contributed by atoms with Crippen LogP contribution in [0.25, 0.3) is 0 Å². The molecule has 4 heteroatoms. The highest BCUT2D eigenvalue weighted by Gasteiger charge is 2.16. The Bertz CT molecular complexity index is 598. The van der Waals surface area contributed by atoms with Crippen molar-refractivity contribution < 1.29 is 4.79 Å². The molecule has 0 unspecified atom stereocenters. The minimum Gasteiger partial charge on any atom is -0.349 e. The van der Waals surface area contributed by atoms with E-state index in [1.54, 1.807) is 0 Å². The first kappa shape index (κ1) is 16.5. The van der Waals surface area contributed by atoms with Crippen LogP contribution < -0.4 is 11.1 Å². The molecule has 0 saturated carbocycles. The highest BCUT2D eigenvalue weighted by Crippen LogP contribution is 2.20. The van der Waals surface area contributed by atoms with Gasteiger partial charge in [-0.1, -0.05) is 61.0 Å². The van der Waals surface area contributed by atoms with Crippen molar-refractivity contribution in [1.29, 1.82) is 0 Å². The molecule has 22 heavy (non-hydrogen) atoms. The smallest absolute Gasteiger partial charge is 0.222 e. The van der Waals surface area contributed by atoms with Crippen LogP contribution in [0.4, 0.5) is 0 Å². The highest BCUT2D eigenvalue weighted by molar-refractivity contribution is 6.30. The van der Waals surface area contributed by atoms with Crippen molar-refractivity contribution in [2.45, 2.75) is 31.8 Å². The Labute approximate surface area is 136 Å². The minimum atomic E-state index is -0.288. The van der Waals surface area contributed by atoms with Crippen LogP contribution in [-0.4, -0.2) is 5.91 Å². The first-order valence-electron chi connectivity index (χ1n) is 7.45. The summed E-state index contributed by atoms with van der Waals surface area (Å²) in [6.45, 7) is 2.04. The molecule has 3 nitrogen and oxygen atoms in total. The van der Waals surface area contributed by atoms with Gasteiger partial charge in [0, 0.05) is 17.5 Å². The second-order valence-electron chi connectivity index (χ2n) is 5.30. The molecule has 0 aliphatic rings. The Hall–Kier alpha value is -1.84. The third-order valence-corrected chi connectivity index (χ3v) is 3.90. The second kappa shape index (κ2) is 7.97. The Balaban J connectivity index is 1.96. The minimum absolute atomic E-state index is 0.0206. The van der Waals surface area contributed by atoms with E-state index in [0.29, 0.717) is 5.02 Å². The molecule has 0 aromatic heterocycles. The molecule has 0 bridgehead atoms. The third-order valence-electron chi connectivity index (χ3n) is 3.65. The van der Waals surface area contributed by atoms with E-state index in [0.717, 1.165) is 17.5 Å².